The van der Waals surface area contributed by atoms with Crippen molar-refractivity contribution < 1.29 is 19.0 Å². The van der Waals surface area contributed by atoms with Crippen molar-refractivity contribution in [2.24, 2.45) is 0 Å². The molecule has 1 atom stereocenters. The molecular weight excluding hydrogens is 408 g/mol. The summed E-state index contributed by atoms with van der Waals surface area (Å²) in [4.78, 5) is 16.7. The second-order valence-corrected chi connectivity index (χ2v) is 7.89. The van der Waals surface area contributed by atoms with E-state index in [1.165, 1.54) is 0 Å². The topological polar surface area (TPSA) is 79.9 Å². The van der Waals surface area contributed by atoms with Gasteiger partial charge in [0.25, 0.3) is 0 Å². The maximum atomic E-state index is 12.7. The molecule has 2 aromatic rings. The number of carbonyl (C=O) groups excluding carboxylic acids is 1. The number of morpholine rings is 2. The standard InChI is InChI=1S/C21H27ClN4O4/c22-16-1-3-18(4-2-16)29-9-5-17-13-19(24-23-17)20-14-26(8-12-30-20)21(27)15-25-6-10-28-11-7-25/h1-4,13,20H,5-12,14-15H2,(H,23,24)/t20-/m1/s1. The smallest absolute Gasteiger partial charge is 0.236 e. The van der Waals surface area contributed by atoms with Crippen LogP contribution in [0.3, 0.4) is 0 Å². The van der Waals surface area contributed by atoms with Gasteiger partial charge in [0, 0.05) is 36.8 Å². The van der Waals surface area contributed by atoms with Gasteiger partial charge < -0.3 is 19.1 Å². The zero-order valence-corrected chi connectivity index (χ0v) is 17.6. The zero-order valence-electron chi connectivity index (χ0n) is 16.9. The normalized spacial score (nSPS) is 20.3. The summed E-state index contributed by atoms with van der Waals surface area (Å²) in [6.07, 6.45) is 0.483. The highest BCUT2D eigenvalue weighted by atomic mass is 35.5. The number of aromatic amines is 1. The van der Waals surface area contributed by atoms with Gasteiger partial charge in [0.05, 0.1) is 45.2 Å². The molecule has 1 N–H and O–H groups in total. The molecule has 162 valence electrons. The number of nitrogens with one attached hydrogen (secondary N) is 1. The number of hydrogen-bond acceptors (Lipinski definition) is 6. The first-order valence-corrected chi connectivity index (χ1v) is 10.7. The minimum Gasteiger partial charge on any atom is -0.493 e. The van der Waals surface area contributed by atoms with E-state index in [4.69, 9.17) is 25.8 Å². The van der Waals surface area contributed by atoms with E-state index in [0.717, 1.165) is 30.2 Å². The number of hydrogen-bond donors (Lipinski definition) is 1. The van der Waals surface area contributed by atoms with Crippen LogP contribution in [0.2, 0.25) is 5.02 Å². The molecule has 0 unspecified atom stereocenters. The van der Waals surface area contributed by atoms with Crippen LogP contribution in [-0.4, -0.2) is 85.1 Å². The molecule has 1 aromatic carbocycles. The van der Waals surface area contributed by atoms with Crippen LogP contribution in [0.1, 0.15) is 17.5 Å². The average molecular weight is 435 g/mol. The predicted octanol–water partition coefficient (Wildman–Crippen LogP) is 1.92. The van der Waals surface area contributed by atoms with E-state index in [9.17, 15) is 4.79 Å². The van der Waals surface area contributed by atoms with Crippen LogP contribution in [-0.2, 0) is 20.7 Å². The number of halogens is 1. The van der Waals surface area contributed by atoms with Gasteiger partial charge in [0.1, 0.15) is 11.9 Å². The van der Waals surface area contributed by atoms with Gasteiger partial charge in [-0.25, -0.2) is 0 Å². The Bertz CT molecular complexity index is 823. The first kappa shape index (κ1) is 21.1. The van der Waals surface area contributed by atoms with E-state index < -0.39 is 0 Å². The second kappa shape index (κ2) is 10.3. The van der Waals surface area contributed by atoms with Crippen LogP contribution in [0.4, 0.5) is 0 Å². The van der Waals surface area contributed by atoms with Crippen molar-refractivity contribution in [3.05, 3.63) is 46.7 Å². The van der Waals surface area contributed by atoms with Gasteiger partial charge in [-0.05, 0) is 30.3 Å². The van der Waals surface area contributed by atoms with Crippen LogP contribution in [0, 0.1) is 0 Å². The largest absolute Gasteiger partial charge is 0.493 e. The van der Waals surface area contributed by atoms with Crippen molar-refractivity contribution in [2.45, 2.75) is 12.5 Å². The van der Waals surface area contributed by atoms with Crippen molar-refractivity contribution in [3.63, 3.8) is 0 Å². The Hall–Kier alpha value is -2.13. The summed E-state index contributed by atoms with van der Waals surface area (Å²) in [5.41, 5.74) is 1.79. The number of carbonyl (C=O) groups is 1. The molecule has 0 bridgehead atoms. The lowest BCUT2D eigenvalue weighted by Crippen LogP contribution is -2.48. The maximum absolute atomic E-state index is 12.7. The fourth-order valence-electron chi connectivity index (χ4n) is 3.59. The molecule has 9 heteroatoms. The van der Waals surface area contributed by atoms with Crippen molar-refractivity contribution in [1.29, 1.82) is 0 Å². The Labute approximate surface area is 181 Å². The molecule has 1 aromatic heterocycles. The molecule has 4 rings (SSSR count). The molecule has 0 radical (unpaired) electrons. The highest BCUT2D eigenvalue weighted by Gasteiger charge is 2.28. The van der Waals surface area contributed by atoms with Crippen molar-refractivity contribution >= 4 is 17.5 Å². The summed E-state index contributed by atoms with van der Waals surface area (Å²) < 4.78 is 17.0. The summed E-state index contributed by atoms with van der Waals surface area (Å²) in [7, 11) is 0. The summed E-state index contributed by atoms with van der Waals surface area (Å²) in [6.45, 7) is 5.61. The van der Waals surface area contributed by atoms with Crippen molar-refractivity contribution in [1.82, 2.24) is 20.0 Å². The zero-order chi connectivity index (χ0) is 20.8. The predicted molar refractivity (Wildman–Crippen MR) is 112 cm³/mol. The first-order valence-electron chi connectivity index (χ1n) is 10.3. The number of nitrogens with zero attached hydrogens (tertiary/aromatic N) is 3. The number of benzene rings is 1. The summed E-state index contributed by atoms with van der Waals surface area (Å²) in [5.74, 6) is 0.918. The average Bonchev–Trinajstić information content (AvgIpc) is 3.25. The Morgan fingerprint density at radius 1 is 1.20 bits per heavy atom. The van der Waals surface area contributed by atoms with E-state index in [-0.39, 0.29) is 12.0 Å². The molecule has 2 fully saturated rings. The van der Waals surface area contributed by atoms with Gasteiger partial charge in [-0.3, -0.25) is 14.8 Å². The highest BCUT2D eigenvalue weighted by molar-refractivity contribution is 6.30. The number of rotatable bonds is 7. The van der Waals surface area contributed by atoms with E-state index in [1.807, 2.05) is 23.1 Å². The third-order valence-electron chi connectivity index (χ3n) is 5.32. The third-order valence-corrected chi connectivity index (χ3v) is 5.57. The number of H-pyrrole nitrogens is 1. The number of aromatic nitrogens is 2. The SMILES string of the molecule is O=C(CN1CCOCC1)N1CCO[C@@H](c2cc(CCOc3ccc(Cl)cc3)[nH]n2)C1. The molecule has 8 nitrogen and oxygen atoms in total. The van der Waals surface area contributed by atoms with Crippen molar-refractivity contribution in [3.8, 4) is 5.75 Å². The summed E-state index contributed by atoms with van der Waals surface area (Å²) in [6, 6.07) is 9.29. The monoisotopic (exact) mass is 434 g/mol. The van der Waals surface area contributed by atoms with Gasteiger partial charge >= 0.3 is 0 Å². The fraction of sp³-hybridized carbons (Fsp3) is 0.524. The molecule has 3 heterocycles. The molecule has 0 spiro atoms. The van der Waals surface area contributed by atoms with Gasteiger partial charge in [-0.1, -0.05) is 11.6 Å². The molecule has 0 aliphatic carbocycles. The molecule has 2 saturated heterocycles. The molecule has 2 aliphatic heterocycles. The molecule has 30 heavy (non-hydrogen) atoms. The molecule has 1 amide bonds. The van der Waals surface area contributed by atoms with Crippen molar-refractivity contribution in [2.75, 3.05) is 59.2 Å². The van der Waals surface area contributed by atoms with Crippen LogP contribution in [0.15, 0.2) is 30.3 Å². The van der Waals surface area contributed by atoms with Gasteiger partial charge in [-0.2, -0.15) is 5.10 Å². The van der Waals surface area contributed by atoms with E-state index in [0.29, 0.717) is 57.5 Å². The van der Waals surface area contributed by atoms with E-state index in [1.54, 1.807) is 12.1 Å². The Kier molecular flexibility index (Phi) is 7.22. The second-order valence-electron chi connectivity index (χ2n) is 7.46. The quantitative estimate of drug-likeness (QED) is 0.717. The molecule has 0 saturated carbocycles. The Morgan fingerprint density at radius 3 is 2.80 bits per heavy atom. The lowest BCUT2D eigenvalue weighted by molar-refractivity contribution is -0.141. The molecular formula is C21H27ClN4O4. The van der Waals surface area contributed by atoms with E-state index in [2.05, 4.69) is 15.1 Å². The molecule has 2 aliphatic rings. The van der Waals surface area contributed by atoms with Crippen LogP contribution < -0.4 is 4.74 Å². The fourth-order valence-corrected chi connectivity index (χ4v) is 3.71. The van der Waals surface area contributed by atoms with Crippen LogP contribution in [0.5, 0.6) is 5.75 Å². The van der Waals surface area contributed by atoms with Crippen LogP contribution in [0.25, 0.3) is 0 Å². The third kappa shape index (κ3) is 5.72. The number of amides is 1. The lowest BCUT2D eigenvalue weighted by Gasteiger charge is -2.34. The van der Waals surface area contributed by atoms with Gasteiger partial charge in [0.15, 0.2) is 0 Å². The minimum absolute atomic E-state index is 0.136. The summed E-state index contributed by atoms with van der Waals surface area (Å²) >= 11 is 5.88. The van der Waals surface area contributed by atoms with Gasteiger partial charge in [0.2, 0.25) is 5.91 Å². The minimum atomic E-state index is -0.213. The van der Waals surface area contributed by atoms with Gasteiger partial charge in [-0.15, -0.1) is 0 Å². The Balaban J connectivity index is 1.26. The Morgan fingerprint density at radius 2 is 2.00 bits per heavy atom. The first-order chi connectivity index (χ1) is 14.7. The summed E-state index contributed by atoms with van der Waals surface area (Å²) in [5, 5.41) is 8.14. The highest BCUT2D eigenvalue weighted by Crippen LogP contribution is 2.22. The van der Waals surface area contributed by atoms with Crippen LogP contribution >= 0.6 is 11.6 Å². The number of ether oxygens (including phenoxy) is 3. The van der Waals surface area contributed by atoms with E-state index >= 15 is 0 Å². The maximum Gasteiger partial charge on any atom is 0.236 e. The lowest BCUT2D eigenvalue weighted by atomic mass is 10.2.